The number of pyridine rings is 1. The van der Waals surface area contributed by atoms with Crippen LogP contribution in [0, 0.1) is 17.6 Å². The van der Waals surface area contributed by atoms with Crippen LogP contribution in [0.1, 0.15) is 43.0 Å². The summed E-state index contributed by atoms with van der Waals surface area (Å²) in [6, 6.07) is 12.2. The van der Waals surface area contributed by atoms with E-state index in [1.807, 2.05) is 56.1 Å². The van der Waals surface area contributed by atoms with Crippen LogP contribution in [0.5, 0.6) is 5.75 Å². The molecule has 2 bridgehead atoms. The minimum atomic E-state index is -0.868. The number of piperazine rings is 1. The molecule has 5 aromatic rings. The Kier molecular flexibility index (Phi) is 9.85. The molecular formula is C43H41F2N9O4. The molecule has 8 rings (SSSR count). The van der Waals surface area contributed by atoms with Gasteiger partial charge in [0.2, 0.25) is 0 Å². The first kappa shape index (κ1) is 38.1. The number of H-pyrrole nitrogens is 1. The first-order valence-corrected chi connectivity index (χ1v) is 18.9. The zero-order valence-electron chi connectivity index (χ0n) is 32.4. The van der Waals surface area contributed by atoms with Crippen LogP contribution in [-0.2, 0) is 11.3 Å². The average molecular weight is 786 g/mol. The molecule has 1 saturated heterocycles. The molecule has 0 saturated carbocycles. The Hall–Kier alpha value is -6.74. The Balaban J connectivity index is 1.10. The topological polar surface area (TPSA) is 141 Å². The second-order valence-electron chi connectivity index (χ2n) is 14.7. The average Bonchev–Trinajstić information content (AvgIpc) is 3.83. The van der Waals surface area contributed by atoms with E-state index in [2.05, 4.69) is 38.4 Å². The van der Waals surface area contributed by atoms with Gasteiger partial charge in [0.1, 0.15) is 52.3 Å². The van der Waals surface area contributed by atoms with E-state index >= 15 is 8.78 Å². The summed E-state index contributed by atoms with van der Waals surface area (Å²) in [5.41, 5.74) is 2.74. The largest absolute Gasteiger partial charge is 0.454 e. The van der Waals surface area contributed by atoms with E-state index in [1.165, 1.54) is 35.2 Å². The summed E-state index contributed by atoms with van der Waals surface area (Å²) in [6.45, 7) is 14.7. The van der Waals surface area contributed by atoms with E-state index in [-0.39, 0.29) is 77.5 Å². The number of carbonyl (C=O) groups excluding carboxylic acids is 3. The number of aliphatic imine (C=N–C) groups is 1. The molecule has 3 aliphatic heterocycles. The van der Waals surface area contributed by atoms with Crippen molar-refractivity contribution in [1.29, 1.82) is 0 Å². The predicted octanol–water partition coefficient (Wildman–Crippen LogP) is 7.02. The van der Waals surface area contributed by atoms with Crippen molar-refractivity contribution in [3.63, 3.8) is 0 Å². The van der Waals surface area contributed by atoms with Crippen LogP contribution in [0.3, 0.4) is 0 Å². The molecule has 13 nitrogen and oxygen atoms in total. The van der Waals surface area contributed by atoms with Crippen LogP contribution in [0.4, 0.5) is 19.4 Å². The maximum absolute atomic E-state index is 16.3. The number of aromatic amines is 1. The number of aldehydes is 1. The van der Waals surface area contributed by atoms with Crippen molar-refractivity contribution in [3.05, 3.63) is 120 Å². The number of rotatable bonds is 9. The van der Waals surface area contributed by atoms with E-state index in [0.29, 0.717) is 35.5 Å². The van der Waals surface area contributed by atoms with Gasteiger partial charge in [0.15, 0.2) is 12.0 Å². The summed E-state index contributed by atoms with van der Waals surface area (Å²) in [5.74, 6) is -1.34. The number of allylic oxidation sites excluding steroid dienone is 2. The lowest BCUT2D eigenvalue weighted by molar-refractivity contribution is -0.130. The second kappa shape index (κ2) is 15.0. The number of hydrogen-bond donors (Lipinski definition) is 2. The predicted molar refractivity (Wildman–Crippen MR) is 216 cm³/mol. The van der Waals surface area contributed by atoms with Gasteiger partial charge in [-0.2, -0.15) is 0 Å². The van der Waals surface area contributed by atoms with E-state index in [9.17, 15) is 14.4 Å². The fraction of sp³-hybridized carbons (Fsp3) is 0.256. The van der Waals surface area contributed by atoms with Crippen molar-refractivity contribution in [1.82, 2.24) is 34.6 Å². The highest BCUT2D eigenvalue weighted by Crippen LogP contribution is 2.44. The zero-order valence-corrected chi connectivity index (χ0v) is 32.4. The fourth-order valence-corrected chi connectivity index (χ4v) is 8.11. The van der Waals surface area contributed by atoms with Crippen molar-refractivity contribution in [2.75, 3.05) is 31.6 Å². The summed E-state index contributed by atoms with van der Waals surface area (Å²) < 4.78 is 39.9. The third-order valence-electron chi connectivity index (χ3n) is 10.8. The molecule has 3 aliphatic rings. The molecule has 15 heteroatoms. The number of anilines is 1. The van der Waals surface area contributed by atoms with Crippen LogP contribution >= 0.6 is 0 Å². The van der Waals surface area contributed by atoms with Crippen molar-refractivity contribution < 1.29 is 27.9 Å². The molecule has 6 heterocycles. The van der Waals surface area contributed by atoms with Gasteiger partial charge in [0.05, 0.1) is 17.8 Å². The Morgan fingerprint density at radius 2 is 1.91 bits per heavy atom. The van der Waals surface area contributed by atoms with Gasteiger partial charge in [-0.05, 0) is 43.2 Å². The van der Waals surface area contributed by atoms with E-state index < -0.39 is 23.8 Å². The summed E-state index contributed by atoms with van der Waals surface area (Å²) in [7, 11) is 1.59. The van der Waals surface area contributed by atoms with Gasteiger partial charge < -0.3 is 24.5 Å². The van der Waals surface area contributed by atoms with Crippen LogP contribution in [0.15, 0.2) is 102 Å². The standard InChI is InChI=1S/C43H41F2N9O4/c1-7-33-38(36(46-6)23(2)3)54-41-28(17-31(45)37(49-41)35-30(44)12-10-14-34(35)58-33)40(50-43(54)57)53-16-15-51(20-25(53)5)42(56)24(4)19-52-21-26(22-55)48-39(52)29-18-47-32-13-9-8-11-27(29)32/h7-14,17-18,21-23,25,40,47H,1,4,15-16,19-20H2,2-3,5-6H3,(H,50,57)/b38-33-,46-36?/t25-,40?/m0/s1. The van der Waals surface area contributed by atoms with Gasteiger partial charge in [-0.25, -0.2) is 28.4 Å². The lowest BCUT2D eigenvalue weighted by Crippen LogP contribution is -2.60. The molecule has 1 unspecified atom stereocenters. The molecule has 3 amide bonds. The molecule has 2 atom stereocenters. The van der Waals surface area contributed by atoms with Crippen LogP contribution < -0.4 is 15.0 Å². The summed E-state index contributed by atoms with van der Waals surface area (Å²) >= 11 is 0. The van der Waals surface area contributed by atoms with Crippen molar-refractivity contribution in [2.45, 2.75) is 39.5 Å². The molecule has 296 valence electrons. The molecular weight excluding hydrogens is 745 g/mol. The number of fused-ring (bicyclic) bond motifs is 4. The minimum absolute atomic E-state index is 0.00262. The lowest BCUT2D eigenvalue weighted by Gasteiger charge is -2.47. The van der Waals surface area contributed by atoms with Gasteiger partial charge >= 0.3 is 6.03 Å². The van der Waals surface area contributed by atoms with Crippen molar-refractivity contribution in [3.8, 4) is 28.4 Å². The third-order valence-corrected chi connectivity index (χ3v) is 10.8. The smallest absolute Gasteiger partial charge is 0.329 e. The number of amides is 3. The molecule has 2 N–H and O–H groups in total. The number of benzene rings is 2. The third kappa shape index (κ3) is 6.36. The Morgan fingerprint density at radius 1 is 1.12 bits per heavy atom. The quantitative estimate of drug-likeness (QED) is 0.0930. The number of hydrogen-bond acceptors (Lipinski definition) is 8. The number of imidazole rings is 1. The number of ether oxygens (including phenoxy) is 1. The molecule has 2 aromatic carbocycles. The first-order chi connectivity index (χ1) is 27.9. The molecule has 0 aliphatic carbocycles. The number of nitrogens with zero attached hydrogens (tertiary/aromatic N) is 7. The highest BCUT2D eigenvalue weighted by atomic mass is 19.1. The number of carbonyl (C=O) groups is 3. The normalized spacial score (nSPS) is 19.6. The summed E-state index contributed by atoms with van der Waals surface area (Å²) in [4.78, 5) is 62.1. The minimum Gasteiger partial charge on any atom is -0.454 e. The number of urea groups is 1. The maximum Gasteiger partial charge on any atom is 0.329 e. The number of para-hydroxylation sites is 1. The van der Waals surface area contributed by atoms with Crippen LogP contribution in [0.2, 0.25) is 0 Å². The number of aromatic nitrogens is 4. The van der Waals surface area contributed by atoms with Gasteiger partial charge in [0.25, 0.3) is 5.91 Å². The zero-order chi connectivity index (χ0) is 41.0. The van der Waals surface area contributed by atoms with Gasteiger partial charge in [0, 0.05) is 72.7 Å². The van der Waals surface area contributed by atoms with E-state index in [0.717, 1.165) is 16.5 Å². The Morgan fingerprint density at radius 3 is 2.64 bits per heavy atom. The van der Waals surface area contributed by atoms with E-state index in [4.69, 9.17) is 4.74 Å². The first-order valence-electron chi connectivity index (χ1n) is 18.9. The molecule has 58 heavy (non-hydrogen) atoms. The number of nitrogens with one attached hydrogen (secondary N) is 2. The molecule has 0 radical (unpaired) electrons. The van der Waals surface area contributed by atoms with Crippen molar-refractivity contribution in [2.24, 2.45) is 10.9 Å². The SMILES string of the molecule is C=C/C1=C(\C(=NC)C(C)C)N2C(=O)NC(N3CCN(C(=O)C(=C)Cn4cc(C=O)nc4-c4c[nH]c5ccccc45)C[C@@H]3C)c3cc(F)c(nc32)-c2c(F)cccc2O1. The van der Waals surface area contributed by atoms with Gasteiger partial charge in [-0.15, -0.1) is 0 Å². The van der Waals surface area contributed by atoms with Crippen LogP contribution in [-0.4, -0.2) is 86.0 Å². The van der Waals surface area contributed by atoms with Gasteiger partial charge in [-0.3, -0.25) is 19.5 Å². The number of halogens is 2. The Labute approximate surface area is 333 Å². The monoisotopic (exact) mass is 785 g/mol. The highest BCUT2D eigenvalue weighted by Gasteiger charge is 2.44. The fourth-order valence-electron chi connectivity index (χ4n) is 8.11. The highest BCUT2D eigenvalue weighted by molar-refractivity contribution is 6.13. The molecule has 0 spiro atoms. The van der Waals surface area contributed by atoms with Gasteiger partial charge in [-0.1, -0.05) is 51.3 Å². The van der Waals surface area contributed by atoms with E-state index in [1.54, 1.807) is 22.7 Å². The second-order valence-corrected chi connectivity index (χ2v) is 14.7. The van der Waals surface area contributed by atoms with Crippen molar-refractivity contribution >= 4 is 40.7 Å². The maximum atomic E-state index is 16.3. The summed E-state index contributed by atoms with van der Waals surface area (Å²) in [5, 5.41) is 3.98. The molecule has 3 aromatic heterocycles. The lowest BCUT2D eigenvalue weighted by atomic mass is 9.99. The van der Waals surface area contributed by atoms with Crippen LogP contribution in [0.25, 0.3) is 33.5 Å². The molecule has 1 fully saturated rings. The summed E-state index contributed by atoms with van der Waals surface area (Å²) in [6.07, 6.45) is 4.63. The Bertz CT molecular complexity index is 2610.